The van der Waals surface area contributed by atoms with Crippen LogP contribution in [0.2, 0.25) is 0 Å². The Hall–Kier alpha value is -3.57. The van der Waals surface area contributed by atoms with Gasteiger partial charge in [0.2, 0.25) is 10.0 Å². The molecular weight excluding hydrogens is 737 g/mol. The molecule has 302 valence electrons. The van der Waals surface area contributed by atoms with Crippen molar-refractivity contribution in [3.63, 3.8) is 0 Å². The summed E-state index contributed by atoms with van der Waals surface area (Å²) in [6, 6.07) is 34.1. The zero-order valence-electron chi connectivity index (χ0n) is 31.8. The topological polar surface area (TPSA) is 134 Å². The molecule has 4 atom stereocenters. The van der Waals surface area contributed by atoms with E-state index in [1.807, 2.05) is 66.7 Å². The largest absolute Gasteiger partial charge is 0.392 e. The number of nitrogens with one attached hydrogen (secondary N) is 1. The Kier molecular flexibility index (Phi) is 16.8. The first-order valence-electron chi connectivity index (χ1n) is 19.3. The summed E-state index contributed by atoms with van der Waals surface area (Å²) in [4.78, 5) is 2.53. The van der Waals surface area contributed by atoms with E-state index in [1.165, 1.54) is 0 Å². The number of hydrogen-bond acceptors (Lipinski definition) is 11. The fourth-order valence-electron chi connectivity index (χ4n) is 6.74. The average molecular weight is 791 g/mol. The van der Waals surface area contributed by atoms with E-state index in [1.54, 1.807) is 30.3 Å². The zero-order valence-corrected chi connectivity index (χ0v) is 32.6. The van der Waals surface area contributed by atoms with Gasteiger partial charge in [0.05, 0.1) is 89.8 Å². The van der Waals surface area contributed by atoms with Gasteiger partial charge in [0.25, 0.3) is 0 Å². The van der Waals surface area contributed by atoms with Crippen LogP contribution in [0.1, 0.15) is 46.1 Å². The van der Waals surface area contributed by atoms with Crippen LogP contribution in [-0.2, 0) is 56.3 Å². The second-order valence-corrected chi connectivity index (χ2v) is 15.4. The number of ether oxygens (including phenoxy) is 7. The lowest BCUT2D eigenvalue weighted by atomic mass is 9.83. The molecule has 0 bridgehead atoms. The van der Waals surface area contributed by atoms with Gasteiger partial charge in [-0.2, -0.15) is 0 Å². The molecule has 13 heteroatoms. The molecule has 12 nitrogen and oxygen atoms in total. The number of nitrogens with zero attached hydrogens (tertiary/aromatic N) is 1. The van der Waals surface area contributed by atoms with E-state index in [2.05, 4.69) is 21.8 Å². The van der Waals surface area contributed by atoms with E-state index in [0.29, 0.717) is 85.7 Å². The Labute approximate surface area is 330 Å². The predicted octanol–water partition coefficient (Wildman–Crippen LogP) is 5.00. The van der Waals surface area contributed by atoms with Crippen molar-refractivity contribution in [2.24, 2.45) is 0 Å². The van der Waals surface area contributed by atoms with Crippen LogP contribution in [0.25, 0.3) is 0 Å². The van der Waals surface area contributed by atoms with Crippen LogP contribution in [0, 0.1) is 0 Å². The van der Waals surface area contributed by atoms with Gasteiger partial charge in [-0.3, -0.25) is 4.90 Å². The van der Waals surface area contributed by atoms with E-state index in [0.717, 1.165) is 27.8 Å². The number of aliphatic hydroxyl groups is 1. The Morgan fingerprint density at radius 3 is 1.62 bits per heavy atom. The molecule has 4 aromatic rings. The maximum absolute atomic E-state index is 12.9. The van der Waals surface area contributed by atoms with Gasteiger partial charge in [0, 0.05) is 37.7 Å². The molecule has 0 amide bonds. The Balaban J connectivity index is 1.23. The minimum Gasteiger partial charge on any atom is -0.392 e. The van der Waals surface area contributed by atoms with Crippen LogP contribution in [0.15, 0.2) is 114 Å². The fraction of sp³-hybridized carbons (Fsp3) is 0.442. The molecule has 2 aliphatic rings. The lowest BCUT2D eigenvalue weighted by Gasteiger charge is -2.44. The third-order valence-electron chi connectivity index (χ3n) is 9.77. The Bertz CT molecular complexity index is 1780. The smallest absolute Gasteiger partial charge is 0.240 e. The summed E-state index contributed by atoms with van der Waals surface area (Å²) >= 11 is 0. The highest BCUT2D eigenvalue weighted by Crippen LogP contribution is 2.47. The summed E-state index contributed by atoms with van der Waals surface area (Å²) in [6.45, 7) is 6.91. The molecule has 4 aromatic carbocycles. The molecule has 2 fully saturated rings. The highest BCUT2D eigenvalue weighted by atomic mass is 32.2. The van der Waals surface area contributed by atoms with Gasteiger partial charge in [-0.1, -0.05) is 97.1 Å². The minimum absolute atomic E-state index is 0.0537. The van der Waals surface area contributed by atoms with Crippen molar-refractivity contribution in [2.75, 3.05) is 85.7 Å². The summed E-state index contributed by atoms with van der Waals surface area (Å²) in [6.07, 6.45) is -1.43. The normalized spacial score (nSPS) is 23.2. The van der Waals surface area contributed by atoms with Gasteiger partial charge >= 0.3 is 0 Å². The van der Waals surface area contributed by atoms with Gasteiger partial charge in [-0.25, -0.2) is 13.1 Å². The van der Waals surface area contributed by atoms with Crippen LogP contribution in [0.5, 0.6) is 0 Å². The molecule has 2 aliphatic heterocycles. The summed E-state index contributed by atoms with van der Waals surface area (Å²) in [7, 11) is -3.66. The fourth-order valence-corrected chi connectivity index (χ4v) is 7.78. The minimum atomic E-state index is -3.66. The molecule has 56 heavy (non-hydrogen) atoms. The molecule has 0 radical (unpaired) electrons. The maximum Gasteiger partial charge on any atom is 0.240 e. The van der Waals surface area contributed by atoms with Crippen molar-refractivity contribution >= 4 is 10.0 Å². The van der Waals surface area contributed by atoms with E-state index in [4.69, 9.17) is 33.2 Å². The number of aliphatic hydroxyl groups excluding tert-OH is 1. The highest BCUT2D eigenvalue weighted by molar-refractivity contribution is 7.89. The lowest BCUT2D eigenvalue weighted by molar-refractivity contribution is -0.263. The van der Waals surface area contributed by atoms with Gasteiger partial charge in [0.1, 0.15) is 0 Å². The van der Waals surface area contributed by atoms with Crippen molar-refractivity contribution in [1.82, 2.24) is 9.62 Å². The van der Waals surface area contributed by atoms with E-state index < -0.39 is 22.4 Å². The SMILES string of the molecule is O=S(=O)(NCc1ccc(C2OC(CN3CCOCCOCCOCCOCCOCC3)C(c3ccccc3)C(c3ccc(CO)cc3)O2)cc1)c1ccccc1. The van der Waals surface area contributed by atoms with E-state index in [-0.39, 0.29) is 30.1 Å². The maximum atomic E-state index is 12.9. The molecule has 0 aliphatic carbocycles. The molecule has 2 N–H and O–H groups in total. The van der Waals surface area contributed by atoms with Crippen LogP contribution in [0.4, 0.5) is 0 Å². The van der Waals surface area contributed by atoms with Gasteiger partial charge in [-0.05, 0) is 34.4 Å². The monoisotopic (exact) mass is 790 g/mol. The third kappa shape index (κ3) is 12.7. The second kappa shape index (κ2) is 22.4. The molecule has 0 spiro atoms. The number of hydrogen-bond donors (Lipinski definition) is 2. The second-order valence-electron chi connectivity index (χ2n) is 13.6. The van der Waals surface area contributed by atoms with E-state index >= 15 is 0 Å². The first kappa shape index (κ1) is 42.0. The van der Waals surface area contributed by atoms with Crippen LogP contribution in [-0.4, -0.2) is 110 Å². The molecule has 2 heterocycles. The average Bonchev–Trinajstić information content (AvgIpc) is 3.24. The van der Waals surface area contributed by atoms with Gasteiger partial charge in [-0.15, -0.1) is 0 Å². The summed E-state index contributed by atoms with van der Waals surface area (Å²) in [5, 5.41) is 9.81. The van der Waals surface area contributed by atoms with Crippen LogP contribution >= 0.6 is 0 Å². The molecule has 0 aromatic heterocycles. The molecule has 4 unspecified atom stereocenters. The number of sulfonamides is 1. The third-order valence-corrected chi connectivity index (χ3v) is 11.2. The number of rotatable bonds is 10. The lowest BCUT2D eigenvalue weighted by Crippen LogP contribution is -2.46. The standard InChI is InChI=1S/C43H54N2O10S/c46-33-35-13-15-37(16-14-35)42-41(36-7-3-1-4-8-36)40(32-45-19-21-49-23-25-51-27-29-53-30-28-52-26-24-50-22-20-45)54-43(55-42)38-17-11-34(12-18-38)31-44-56(47,48)39-9-5-2-6-10-39/h1-18,40-44,46H,19-33H2. The van der Waals surface area contributed by atoms with Crippen LogP contribution in [0.3, 0.4) is 0 Å². The van der Waals surface area contributed by atoms with Crippen molar-refractivity contribution in [1.29, 1.82) is 0 Å². The molecule has 2 saturated heterocycles. The predicted molar refractivity (Wildman–Crippen MR) is 210 cm³/mol. The quantitative estimate of drug-likeness (QED) is 0.225. The van der Waals surface area contributed by atoms with Crippen molar-refractivity contribution in [3.8, 4) is 0 Å². The van der Waals surface area contributed by atoms with Crippen molar-refractivity contribution in [3.05, 3.63) is 137 Å². The van der Waals surface area contributed by atoms with Crippen LogP contribution < -0.4 is 4.72 Å². The summed E-state index contributed by atoms with van der Waals surface area (Å²) in [5.41, 5.74) is 4.48. The highest BCUT2D eigenvalue weighted by Gasteiger charge is 2.42. The zero-order chi connectivity index (χ0) is 38.8. The Morgan fingerprint density at radius 2 is 1.07 bits per heavy atom. The number of benzene rings is 4. The molecule has 6 rings (SSSR count). The van der Waals surface area contributed by atoms with Crippen molar-refractivity contribution in [2.45, 2.75) is 42.5 Å². The Morgan fingerprint density at radius 1 is 0.571 bits per heavy atom. The van der Waals surface area contributed by atoms with Gasteiger partial charge < -0.3 is 38.3 Å². The van der Waals surface area contributed by atoms with Crippen molar-refractivity contribution < 1.29 is 46.7 Å². The molecular formula is C43H54N2O10S. The first-order chi connectivity index (χ1) is 27.5. The summed E-state index contributed by atoms with van der Waals surface area (Å²) < 4.78 is 71.2. The molecule has 0 saturated carbocycles. The van der Waals surface area contributed by atoms with Gasteiger partial charge in [0.15, 0.2) is 6.29 Å². The summed E-state index contributed by atoms with van der Waals surface area (Å²) in [5.74, 6) is -0.182. The van der Waals surface area contributed by atoms with E-state index in [9.17, 15) is 13.5 Å². The first-order valence-corrected chi connectivity index (χ1v) is 20.8.